The number of likely N-dealkylation sites (tertiary alicyclic amines) is 2. The lowest BCUT2D eigenvalue weighted by Gasteiger charge is -2.33. The Morgan fingerprint density at radius 2 is 1.67 bits per heavy atom. The quantitative estimate of drug-likeness (QED) is 0.690. The summed E-state index contributed by atoms with van der Waals surface area (Å²) in [4.78, 5) is 33.6. The Balaban J connectivity index is 1.49. The van der Waals surface area contributed by atoms with E-state index in [9.17, 15) is 22.8 Å². The van der Waals surface area contributed by atoms with Gasteiger partial charge in [0.15, 0.2) is 5.82 Å². The third-order valence-electron chi connectivity index (χ3n) is 6.43. The van der Waals surface area contributed by atoms with Crippen LogP contribution in [0.3, 0.4) is 0 Å². The Kier molecular flexibility index (Phi) is 6.45. The molecule has 2 fully saturated rings. The van der Waals surface area contributed by atoms with E-state index in [2.05, 4.69) is 10.1 Å². The third-order valence-corrected chi connectivity index (χ3v) is 6.43. The van der Waals surface area contributed by atoms with Crippen LogP contribution < -0.4 is 0 Å². The van der Waals surface area contributed by atoms with Crippen LogP contribution in [0.4, 0.5) is 13.2 Å². The van der Waals surface area contributed by atoms with Gasteiger partial charge in [0.1, 0.15) is 0 Å². The number of amides is 2. The number of aromatic nitrogens is 3. The number of halogens is 3. The van der Waals surface area contributed by atoms with E-state index in [1.54, 1.807) is 4.90 Å². The summed E-state index contributed by atoms with van der Waals surface area (Å²) >= 11 is 0. The number of alkyl halides is 3. The van der Waals surface area contributed by atoms with Crippen molar-refractivity contribution in [2.75, 3.05) is 26.2 Å². The zero-order chi connectivity index (χ0) is 23.8. The van der Waals surface area contributed by atoms with Crippen LogP contribution in [0.5, 0.6) is 0 Å². The number of hydrogen-bond donors (Lipinski definition) is 0. The van der Waals surface area contributed by atoms with Crippen molar-refractivity contribution in [3.8, 4) is 5.82 Å². The van der Waals surface area contributed by atoms with E-state index in [0.29, 0.717) is 37.2 Å². The predicted molar refractivity (Wildman–Crippen MR) is 115 cm³/mol. The van der Waals surface area contributed by atoms with Crippen molar-refractivity contribution in [2.45, 2.75) is 51.6 Å². The molecule has 0 radical (unpaired) electrons. The fraction of sp³-hybridized carbons (Fsp3) is 0.565. The summed E-state index contributed by atoms with van der Waals surface area (Å²) < 4.78 is 40.1. The van der Waals surface area contributed by atoms with Crippen molar-refractivity contribution in [3.05, 3.63) is 41.3 Å². The van der Waals surface area contributed by atoms with E-state index in [1.807, 2.05) is 18.7 Å². The summed E-state index contributed by atoms with van der Waals surface area (Å²) in [5, 5.41) is 4.28. The lowest BCUT2D eigenvalue weighted by atomic mass is 9.94. The minimum absolute atomic E-state index is 0.0456. The molecule has 2 aliphatic heterocycles. The van der Waals surface area contributed by atoms with Crippen molar-refractivity contribution >= 4 is 11.8 Å². The highest BCUT2D eigenvalue weighted by Gasteiger charge is 2.34. The first kappa shape index (κ1) is 23.3. The average molecular weight is 464 g/mol. The van der Waals surface area contributed by atoms with Crippen LogP contribution in [0, 0.1) is 5.92 Å². The normalized spacial score (nSPS) is 17.8. The fourth-order valence-corrected chi connectivity index (χ4v) is 4.64. The summed E-state index contributed by atoms with van der Waals surface area (Å²) in [5.41, 5.74) is 0.172. The highest BCUT2D eigenvalue weighted by atomic mass is 19.4. The van der Waals surface area contributed by atoms with Crippen LogP contribution in [-0.2, 0) is 11.0 Å². The van der Waals surface area contributed by atoms with Gasteiger partial charge in [-0.2, -0.15) is 18.3 Å². The van der Waals surface area contributed by atoms with Crippen LogP contribution in [0.15, 0.2) is 24.5 Å². The van der Waals surface area contributed by atoms with Gasteiger partial charge in [0.2, 0.25) is 5.91 Å². The molecule has 0 spiro atoms. The lowest BCUT2D eigenvalue weighted by Crippen LogP contribution is -2.44. The van der Waals surface area contributed by atoms with Gasteiger partial charge < -0.3 is 9.80 Å². The van der Waals surface area contributed by atoms with E-state index >= 15 is 0 Å². The van der Waals surface area contributed by atoms with Crippen LogP contribution >= 0.6 is 0 Å². The van der Waals surface area contributed by atoms with Crippen molar-refractivity contribution in [2.24, 2.45) is 5.92 Å². The van der Waals surface area contributed by atoms with Gasteiger partial charge in [-0.15, -0.1) is 0 Å². The molecule has 7 nitrogen and oxygen atoms in total. The molecule has 10 heteroatoms. The number of hydrogen-bond acceptors (Lipinski definition) is 4. The zero-order valence-corrected chi connectivity index (χ0v) is 18.8. The molecule has 4 rings (SSSR count). The van der Waals surface area contributed by atoms with Gasteiger partial charge in [-0.1, -0.05) is 13.8 Å². The largest absolute Gasteiger partial charge is 0.417 e. The Hall–Kier alpha value is -2.91. The maximum absolute atomic E-state index is 13.3. The monoisotopic (exact) mass is 463 g/mol. The first-order valence-corrected chi connectivity index (χ1v) is 11.4. The van der Waals surface area contributed by atoms with Crippen molar-refractivity contribution < 1.29 is 22.8 Å². The topological polar surface area (TPSA) is 71.3 Å². The van der Waals surface area contributed by atoms with Gasteiger partial charge in [0.25, 0.3) is 5.91 Å². The second-order valence-corrected chi connectivity index (χ2v) is 9.01. The van der Waals surface area contributed by atoms with Crippen molar-refractivity contribution in [1.82, 2.24) is 24.6 Å². The first-order chi connectivity index (χ1) is 15.7. The molecule has 4 heterocycles. The smallest absolute Gasteiger partial charge is 0.342 e. The molecule has 0 saturated carbocycles. The molecular weight excluding hydrogens is 435 g/mol. The minimum Gasteiger partial charge on any atom is -0.342 e. The molecule has 2 aromatic heterocycles. The van der Waals surface area contributed by atoms with Gasteiger partial charge in [-0.05, 0) is 43.7 Å². The number of nitrogens with zero attached hydrogens (tertiary/aromatic N) is 5. The number of pyridine rings is 1. The molecule has 0 aliphatic carbocycles. The predicted octanol–water partition coefficient (Wildman–Crippen LogP) is 3.88. The molecule has 2 aromatic rings. The summed E-state index contributed by atoms with van der Waals surface area (Å²) in [7, 11) is 0. The molecule has 0 unspecified atom stereocenters. The highest BCUT2D eigenvalue weighted by Crippen LogP contribution is 2.30. The second kappa shape index (κ2) is 9.15. The maximum Gasteiger partial charge on any atom is 0.417 e. The number of carbonyl (C=O) groups is 2. The van der Waals surface area contributed by atoms with E-state index in [0.717, 1.165) is 38.2 Å². The van der Waals surface area contributed by atoms with E-state index < -0.39 is 11.7 Å². The van der Waals surface area contributed by atoms with Gasteiger partial charge in [-0.3, -0.25) is 9.59 Å². The molecule has 0 N–H and O–H groups in total. The van der Waals surface area contributed by atoms with Crippen molar-refractivity contribution in [3.63, 3.8) is 0 Å². The highest BCUT2D eigenvalue weighted by molar-refractivity contribution is 5.95. The summed E-state index contributed by atoms with van der Waals surface area (Å²) in [6, 6.07) is 2.21. The molecule has 2 saturated heterocycles. The third kappa shape index (κ3) is 4.74. The number of rotatable bonds is 4. The van der Waals surface area contributed by atoms with Gasteiger partial charge in [0, 0.05) is 38.3 Å². The van der Waals surface area contributed by atoms with E-state index in [4.69, 9.17) is 0 Å². The first-order valence-electron chi connectivity index (χ1n) is 11.4. The Labute approximate surface area is 190 Å². The molecule has 2 aliphatic rings. The molecule has 0 aromatic carbocycles. The van der Waals surface area contributed by atoms with Crippen LogP contribution in [0.2, 0.25) is 0 Å². The summed E-state index contributed by atoms with van der Waals surface area (Å²) in [6.07, 6.45) is 1.13. The molecule has 0 bridgehead atoms. The zero-order valence-electron chi connectivity index (χ0n) is 18.8. The van der Waals surface area contributed by atoms with Crippen molar-refractivity contribution in [1.29, 1.82) is 0 Å². The molecular formula is C23H28F3N5O2. The molecule has 2 amide bonds. The Morgan fingerprint density at radius 1 is 1.00 bits per heavy atom. The summed E-state index contributed by atoms with van der Waals surface area (Å²) in [5.74, 6) is 0.0916. The second-order valence-electron chi connectivity index (χ2n) is 9.01. The SMILES string of the molecule is CC(C)c1c(C(=O)N2CCC(C(=O)N3CCCC3)CC2)cnn1-c1ccc(C(F)(F)F)cn1. The van der Waals surface area contributed by atoms with E-state index in [1.165, 1.54) is 16.9 Å². The summed E-state index contributed by atoms with van der Waals surface area (Å²) in [6.45, 7) is 6.43. The molecule has 178 valence electrons. The fourth-order valence-electron chi connectivity index (χ4n) is 4.64. The van der Waals surface area contributed by atoms with E-state index in [-0.39, 0.29) is 29.5 Å². The Bertz CT molecular complexity index is 1000. The molecule has 33 heavy (non-hydrogen) atoms. The van der Waals surface area contributed by atoms with Gasteiger partial charge in [0.05, 0.1) is 23.0 Å². The van der Waals surface area contributed by atoms with Crippen LogP contribution in [0.1, 0.15) is 67.1 Å². The Morgan fingerprint density at radius 3 is 2.21 bits per heavy atom. The molecule has 0 atom stereocenters. The minimum atomic E-state index is -4.47. The van der Waals surface area contributed by atoms with Crippen LogP contribution in [-0.4, -0.2) is 62.6 Å². The average Bonchev–Trinajstić information content (AvgIpc) is 3.48. The standard InChI is InChI=1S/C23H28F3N5O2/c1-15(2)20-18(14-28-31(20)19-6-5-17(13-27-19)23(24,25)26)22(33)30-11-7-16(8-12-30)21(32)29-9-3-4-10-29/h5-6,13-16H,3-4,7-12H2,1-2H3. The lowest BCUT2D eigenvalue weighted by molar-refractivity contribution is -0.138. The number of carbonyl (C=O) groups excluding carboxylic acids is 2. The number of piperidine rings is 1. The van der Waals surface area contributed by atoms with Crippen LogP contribution in [0.25, 0.3) is 5.82 Å². The maximum atomic E-state index is 13.3. The van der Waals surface area contributed by atoms with Gasteiger partial charge in [-0.25, -0.2) is 9.67 Å². The van der Waals surface area contributed by atoms with Gasteiger partial charge >= 0.3 is 6.18 Å².